The van der Waals surface area contributed by atoms with Gasteiger partial charge in [0.25, 0.3) is 5.91 Å². The Kier molecular flexibility index (Phi) is 4.10. The highest BCUT2D eigenvalue weighted by atomic mass is 79.9. The molecule has 0 atom stereocenters. The molecule has 2 aromatic rings. The van der Waals surface area contributed by atoms with Crippen LogP contribution in [-0.4, -0.2) is 29.0 Å². The summed E-state index contributed by atoms with van der Waals surface area (Å²) in [7, 11) is 0. The summed E-state index contributed by atoms with van der Waals surface area (Å²) >= 11 is 3.34. The van der Waals surface area contributed by atoms with Gasteiger partial charge in [-0.2, -0.15) is 5.10 Å². The number of aromatic nitrogens is 2. The minimum atomic E-state index is -0.116. The number of benzene rings is 1. The van der Waals surface area contributed by atoms with E-state index in [1.54, 1.807) is 24.4 Å². The van der Waals surface area contributed by atoms with E-state index in [2.05, 4.69) is 26.3 Å². The lowest BCUT2D eigenvalue weighted by atomic mass is 10.2. The van der Waals surface area contributed by atoms with E-state index < -0.39 is 0 Å². The molecule has 1 N–H and O–H groups in total. The number of nitrogens with zero attached hydrogens (tertiary/aromatic N) is 2. The molecule has 0 bridgehead atoms. The number of rotatable bonds is 5. The maximum Gasteiger partial charge on any atom is 0.251 e. The Morgan fingerprint density at radius 1 is 1.38 bits per heavy atom. The molecule has 6 nitrogen and oxygen atoms in total. The third-order valence-corrected chi connectivity index (χ3v) is 3.50. The highest BCUT2D eigenvalue weighted by molar-refractivity contribution is 9.10. The predicted molar refractivity (Wildman–Crippen MR) is 79.4 cm³/mol. The number of hydrogen-bond acceptors (Lipinski definition) is 4. The van der Waals surface area contributed by atoms with Crippen LogP contribution in [-0.2, 0) is 6.54 Å². The van der Waals surface area contributed by atoms with E-state index in [1.807, 2.05) is 10.9 Å². The van der Waals surface area contributed by atoms with Crippen LogP contribution in [0.4, 0.5) is 0 Å². The molecule has 0 aliphatic carbocycles. The SMILES string of the molecule is O=C(NCCCn1cc(Br)cn1)c1ccc2c(c1)OCO2. The van der Waals surface area contributed by atoms with Gasteiger partial charge in [0.15, 0.2) is 11.5 Å². The normalized spacial score (nSPS) is 12.4. The zero-order valence-electron chi connectivity index (χ0n) is 11.2. The molecule has 3 rings (SSSR count). The standard InChI is InChI=1S/C14H14BrN3O3/c15-11-7-17-18(8-11)5-1-4-16-14(19)10-2-3-12-13(6-10)21-9-20-12/h2-3,6-8H,1,4-5,9H2,(H,16,19). The molecule has 110 valence electrons. The van der Waals surface area contributed by atoms with Gasteiger partial charge in [-0.3, -0.25) is 9.48 Å². The van der Waals surface area contributed by atoms with Crippen molar-refractivity contribution < 1.29 is 14.3 Å². The molecule has 0 fully saturated rings. The smallest absolute Gasteiger partial charge is 0.251 e. The summed E-state index contributed by atoms with van der Waals surface area (Å²) < 4.78 is 13.3. The lowest BCUT2D eigenvalue weighted by Crippen LogP contribution is -2.25. The summed E-state index contributed by atoms with van der Waals surface area (Å²) in [6.45, 7) is 1.55. The largest absolute Gasteiger partial charge is 0.454 e. The lowest BCUT2D eigenvalue weighted by molar-refractivity contribution is 0.0952. The number of hydrogen-bond donors (Lipinski definition) is 1. The Bertz CT molecular complexity index is 657. The number of ether oxygens (including phenoxy) is 2. The zero-order chi connectivity index (χ0) is 14.7. The molecule has 21 heavy (non-hydrogen) atoms. The van der Waals surface area contributed by atoms with Gasteiger partial charge in [0.05, 0.1) is 10.7 Å². The monoisotopic (exact) mass is 351 g/mol. The highest BCUT2D eigenvalue weighted by Gasteiger charge is 2.15. The van der Waals surface area contributed by atoms with E-state index in [4.69, 9.17) is 9.47 Å². The van der Waals surface area contributed by atoms with Gasteiger partial charge >= 0.3 is 0 Å². The Labute approximate surface area is 130 Å². The molecule has 0 radical (unpaired) electrons. The van der Waals surface area contributed by atoms with Crippen molar-refractivity contribution in [2.75, 3.05) is 13.3 Å². The van der Waals surface area contributed by atoms with E-state index in [0.717, 1.165) is 17.4 Å². The third kappa shape index (κ3) is 3.36. The molecule has 1 aromatic heterocycles. The summed E-state index contributed by atoms with van der Waals surface area (Å²) in [4.78, 5) is 12.0. The molecule has 2 heterocycles. The molecular weight excluding hydrogens is 338 g/mol. The van der Waals surface area contributed by atoms with Gasteiger partial charge in [-0.05, 0) is 40.5 Å². The van der Waals surface area contributed by atoms with Crippen LogP contribution in [0.2, 0.25) is 0 Å². The fraction of sp³-hybridized carbons (Fsp3) is 0.286. The van der Waals surface area contributed by atoms with Crippen molar-refractivity contribution in [3.63, 3.8) is 0 Å². The van der Waals surface area contributed by atoms with Gasteiger partial charge in [0.1, 0.15) is 0 Å². The first-order valence-corrected chi connectivity index (χ1v) is 7.37. The molecule has 0 saturated carbocycles. The highest BCUT2D eigenvalue weighted by Crippen LogP contribution is 2.32. The van der Waals surface area contributed by atoms with Gasteiger partial charge in [-0.1, -0.05) is 0 Å². The van der Waals surface area contributed by atoms with Crippen molar-refractivity contribution in [1.82, 2.24) is 15.1 Å². The molecule has 1 amide bonds. The van der Waals surface area contributed by atoms with Crippen LogP contribution in [0.25, 0.3) is 0 Å². The zero-order valence-corrected chi connectivity index (χ0v) is 12.8. The molecule has 0 spiro atoms. The molecule has 0 unspecified atom stereocenters. The Balaban J connectivity index is 1.48. The minimum Gasteiger partial charge on any atom is -0.454 e. The van der Waals surface area contributed by atoms with Crippen LogP contribution in [0, 0.1) is 0 Å². The summed E-state index contributed by atoms with van der Waals surface area (Å²) in [5.74, 6) is 1.18. The first-order valence-electron chi connectivity index (χ1n) is 6.58. The molecule has 7 heteroatoms. The first-order chi connectivity index (χ1) is 10.2. The summed E-state index contributed by atoms with van der Waals surface area (Å²) in [5, 5.41) is 7.04. The number of carbonyl (C=O) groups excluding carboxylic acids is 1. The number of carbonyl (C=O) groups is 1. The van der Waals surface area contributed by atoms with Crippen LogP contribution in [0.1, 0.15) is 16.8 Å². The van der Waals surface area contributed by atoms with Gasteiger partial charge < -0.3 is 14.8 Å². The van der Waals surface area contributed by atoms with Gasteiger partial charge in [-0.25, -0.2) is 0 Å². The van der Waals surface area contributed by atoms with E-state index in [1.165, 1.54) is 0 Å². The Hall–Kier alpha value is -2.02. The fourth-order valence-electron chi connectivity index (χ4n) is 2.04. The second-order valence-corrected chi connectivity index (χ2v) is 5.51. The predicted octanol–water partition coefficient (Wildman–Crippen LogP) is 2.19. The topological polar surface area (TPSA) is 65.4 Å². The van der Waals surface area contributed by atoms with Gasteiger partial charge in [0.2, 0.25) is 6.79 Å². The second kappa shape index (κ2) is 6.17. The summed E-state index contributed by atoms with van der Waals surface area (Å²) in [5.41, 5.74) is 0.570. The number of amides is 1. The van der Waals surface area contributed by atoms with Crippen molar-refractivity contribution in [1.29, 1.82) is 0 Å². The Morgan fingerprint density at radius 3 is 3.05 bits per heavy atom. The van der Waals surface area contributed by atoms with E-state index in [-0.39, 0.29) is 12.7 Å². The van der Waals surface area contributed by atoms with Crippen LogP contribution in [0.15, 0.2) is 35.1 Å². The van der Waals surface area contributed by atoms with Gasteiger partial charge in [0, 0.05) is 24.8 Å². The van der Waals surface area contributed by atoms with Crippen LogP contribution in [0.3, 0.4) is 0 Å². The number of nitrogens with one attached hydrogen (secondary N) is 1. The maximum atomic E-state index is 12.0. The molecule has 1 aliphatic heterocycles. The van der Waals surface area contributed by atoms with Crippen molar-refractivity contribution in [2.24, 2.45) is 0 Å². The second-order valence-electron chi connectivity index (χ2n) is 4.60. The third-order valence-electron chi connectivity index (χ3n) is 3.09. The van der Waals surface area contributed by atoms with Crippen molar-refractivity contribution in [3.8, 4) is 11.5 Å². The molecule has 1 aliphatic rings. The van der Waals surface area contributed by atoms with Gasteiger partial charge in [-0.15, -0.1) is 0 Å². The molecular formula is C14H14BrN3O3. The van der Waals surface area contributed by atoms with E-state index in [9.17, 15) is 4.79 Å². The molecule has 1 aromatic carbocycles. The van der Waals surface area contributed by atoms with Crippen molar-refractivity contribution >= 4 is 21.8 Å². The average molecular weight is 352 g/mol. The number of halogens is 1. The molecule has 0 saturated heterocycles. The van der Waals surface area contributed by atoms with Crippen LogP contribution < -0.4 is 14.8 Å². The fourth-order valence-corrected chi connectivity index (χ4v) is 2.37. The van der Waals surface area contributed by atoms with Crippen molar-refractivity contribution in [2.45, 2.75) is 13.0 Å². The number of fused-ring (bicyclic) bond motifs is 1. The Morgan fingerprint density at radius 2 is 2.24 bits per heavy atom. The lowest BCUT2D eigenvalue weighted by Gasteiger charge is -2.06. The van der Waals surface area contributed by atoms with E-state index in [0.29, 0.717) is 23.6 Å². The average Bonchev–Trinajstić information content (AvgIpc) is 3.11. The summed E-state index contributed by atoms with van der Waals surface area (Å²) in [6, 6.07) is 5.17. The van der Waals surface area contributed by atoms with Crippen LogP contribution in [0.5, 0.6) is 11.5 Å². The van der Waals surface area contributed by atoms with E-state index >= 15 is 0 Å². The van der Waals surface area contributed by atoms with Crippen LogP contribution >= 0.6 is 15.9 Å². The maximum absolute atomic E-state index is 12.0. The number of aryl methyl sites for hydroxylation is 1. The minimum absolute atomic E-state index is 0.116. The first kappa shape index (κ1) is 13.9. The van der Waals surface area contributed by atoms with Crippen molar-refractivity contribution in [3.05, 3.63) is 40.6 Å². The quantitative estimate of drug-likeness (QED) is 0.838. The summed E-state index contributed by atoms with van der Waals surface area (Å²) in [6.07, 6.45) is 4.45.